The number of carboxylic acids is 1. The number of halogens is 3. The first-order valence-electron chi connectivity index (χ1n) is 9.25. The zero-order valence-corrected chi connectivity index (χ0v) is 15.6. The highest BCUT2D eigenvalue weighted by Gasteiger charge is 2.61. The predicted molar refractivity (Wildman–Crippen MR) is 93.6 cm³/mol. The second-order valence-electron chi connectivity index (χ2n) is 7.69. The first-order chi connectivity index (χ1) is 13.1. The van der Waals surface area contributed by atoms with Gasteiger partial charge in [-0.2, -0.15) is 13.2 Å². The summed E-state index contributed by atoms with van der Waals surface area (Å²) >= 11 is 0. The molecule has 1 spiro atoms. The molecule has 1 aromatic heterocycles. The maximum absolute atomic E-state index is 12.5. The number of likely N-dealkylation sites (tertiary alicyclic amines) is 1. The molecule has 2 atom stereocenters. The van der Waals surface area contributed by atoms with Crippen molar-refractivity contribution in [2.75, 3.05) is 31.1 Å². The fourth-order valence-electron chi connectivity index (χ4n) is 3.92. The van der Waals surface area contributed by atoms with Crippen LogP contribution in [0.4, 0.5) is 19.1 Å². The van der Waals surface area contributed by atoms with E-state index in [0.717, 1.165) is 50.5 Å². The van der Waals surface area contributed by atoms with Gasteiger partial charge in [0.25, 0.3) is 0 Å². The van der Waals surface area contributed by atoms with Crippen molar-refractivity contribution in [3.8, 4) is 0 Å². The van der Waals surface area contributed by atoms with Gasteiger partial charge in [-0.3, -0.25) is 4.79 Å². The number of alkyl halides is 3. The van der Waals surface area contributed by atoms with Crippen molar-refractivity contribution in [1.82, 2.24) is 14.9 Å². The quantitative estimate of drug-likeness (QED) is 0.820. The number of hydrogen-bond donors (Lipinski definition) is 1. The van der Waals surface area contributed by atoms with Crippen molar-refractivity contribution in [2.45, 2.75) is 38.8 Å². The first-order valence-corrected chi connectivity index (χ1v) is 9.25. The second-order valence-corrected chi connectivity index (χ2v) is 7.69. The predicted octanol–water partition coefficient (Wildman–Crippen LogP) is 2.26. The van der Waals surface area contributed by atoms with E-state index in [1.54, 1.807) is 0 Å². The van der Waals surface area contributed by atoms with Gasteiger partial charge in [-0.25, -0.2) is 14.8 Å². The molecule has 3 aliphatic rings. The van der Waals surface area contributed by atoms with Gasteiger partial charge in [0.05, 0.1) is 0 Å². The second kappa shape index (κ2) is 7.56. The lowest BCUT2D eigenvalue weighted by Crippen LogP contribution is -2.31. The Balaban J connectivity index is 0.000000279. The van der Waals surface area contributed by atoms with Crippen LogP contribution in [0.3, 0.4) is 0 Å². The van der Waals surface area contributed by atoms with Gasteiger partial charge in [-0.15, -0.1) is 0 Å². The standard InChI is InChI=1S/C16H22N4O.C2HF3O2/c1-12-9-17-15(18-10-12)20-7-4-16(11-20)8-13(16)14(21)19-5-2-3-6-19;3-2(4,5)1(6)7/h9-10,13H,2-8,11H2,1H3;(H,6,7). The topological polar surface area (TPSA) is 86.6 Å². The Morgan fingerprint density at radius 2 is 1.75 bits per heavy atom. The van der Waals surface area contributed by atoms with Crippen molar-refractivity contribution in [2.24, 2.45) is 11.3 Å². The molecule has 28 heavy (non-hydrogen) atoms. The molecule has 1 saturated carbocycles. The number of rotatable bonds is 2. The molecule has 3 heterocycles. The minimum absolute atomic E-state index is 0.216. The van der Waals surface area contributed by atoms with Crippen LogP contribution in [0.25, 0.3) is 0 Å². The molecule has 7 nitrogen and oxygen atoms in total. The van der Waals surface area contributed by atoms with Crippen molar-refractivity contribution in [3.05, 3.63) is 18.0 Å². The molecule has 1 aliphatic carbocycles. The molecular weight excluding hydrogens is 377 g/mol. The Labute approximate surface area is 160 Å². The number of anilines is 1. The van der Waals surface area contributed by atoms with Gasteiger partial charge < -0.3 is 14.9 Å². The van der Waals surface area contributed by atoms with E-state index in [9.17, 15) is 18.0 Å². The van der Waals surface area contributed by atoms with Crippen LogP contribution >= 0.6 is 0 Å². The summed E-state index contributed by atoms with van der Waals surface area (Å²) in [6, 6.07) is 0. The van der Waals surface area contributed by atoms with Crippen LogP contribution in [0, 0.1) is 18.3 Å². The van der Waals surface area contributed by atoms with E-state index in [4.69, 9.17) is 9.90 Å². The number of carboxylic acid groups (broad SMARTS) is 1. The summed E-state index contributed by atoms with van der Waals surface area (Å²) < 4.78 is 31.7. The van der Waals surface area contributed by atoms with Crippen LogP contribution in [0.15, 0.2) is 12.4 Å². The number of amides is 1. The summed E-state index contributed by atoms with van der Waals surface area (Å²) in [6.07, 6.45) is 3.17. The van der Waals surface area contributed by atoms with Crippen molar-refractivity contribution >= 4 is 17.8 Å². The van der Waals surface area contributed by atoms with Gasteiger partial charge >= 0.3 is 12.1 Å². The maximum atomic E-state index is 12.5. The molecule has 2 aliphatic heterocycles. The monoisotopic (exact) mass is 400 g/mol. The molecule has 10 heteroatoms. The number of carbonyl (C=O) groups is 2. The maximum Gasteiger partial charge on any atom is 0.490 e. The molecule has 1 amide bonds. The number of hydrogen-bond acceptors (Lipinski definition) is 5. The Morgan fingerprint density at radius 1 is 1.18 bits per heavy atom. The highest BCUT2D eigenvalue weighted by atomic mass is 19.4. The molecule has 0 aromatic carbocycles. The highest BCUT2D eigenvalue weighted by molar-refractivity contribution is 5.83. The van der Waals surface area contributed by atoms with E-state index in [1.165, 1.54) is 12.8 Å². The summed E-state index contributed by atoms with van der Waals surface area (Å²) in [4.78, 5) is 34.6. The van der Waals surface area contributed by atoms with E-state index in [-0.39, 0.29) is 11.3 Å². The number of aryl methyl sites for hydroxylation is 1. The number of nitrogens with zero attached hydrogens (tertiary/aromatic N) is 4. The fraction of sp³-hybridized carbons (Fsp3) is 0.667. The molecule has 1 N–H and O–H groups in total. The van der Waals surface area contributed by atoms with Crippen LogP contribution in [-0.2, 0) is 9.59 Å². The zero-order chi connectivity index (χ0) is 20.5. The lowest BCUT2D eigenvalue weighted by Gasteiger charge is -2.18. The number of carbonyl (C=O) groups excluding carboxylic acids is 1. The Kier molecular flexibility index (Phi) is 5.49. The average molecular weight is 400 g/mol. The van der Waals surface area contributed by atoms with E-state index in [2.05, 4.69) is 19.8 Å². The Hall–Kier alpha value is -2.39. The third-order valence-corrected chi connectivity index (χ3v) is 5.58. The van der Waals surface area contributed by atoms with Gasteiger partial charge in [-0.05, 0) is 38.2 Å². The highest BCUT2D eigenvalue weighted by Crippen LogP contribution is 2.59. The van der Waals surface area contributed by atoms with E-state index >= 15 is 0 Å². The average Bonchev–Trinajstić information content (AvgIpc) is 3.00. The van der Waals surface area contributed by atoms with Crippen molar-refractivity contribution < 1.29 is 27.9 Å². The molecule has 0 bridgehead atoms. The minimum atomic E-state index is -5.08. The smallest absolute Gasteiger partial charge is 0.475 e. The van der Waals surface area contributed by atoms with Gasteiger partial charge in [0.15, 0.2) is 0 Å². The molecule has 2 saturated heterocycles. The van der Waals surface area contributed by atoms with Crippen LogP contribution in [0.5, 0.6) is 0 Å². The van der Waals surface area contributed by atoms with Gasteiger partial charge in [0.1, 0.15) is 0 Å². The largest absolute Gasteiger partial charge is 0.490 e. The lowest BCUT2D eigenvalue weighted by atomic mass is 10.0. The van der Waals surface area contributed by atoms with E-state index in [0.29, 0.717) is 5.91 Å². The van der Waals surface area contributed by atoms with Gasteiger partial charge in [-0.1, -0.05) is 0 Å². The van der Waals surface area contributed by atoms with Crippen LogP contribution in [0.2, 0.25) is 0 Å². The molecule has 3 fully saturated rings. The Bertz CT molecular complexity index is 735. The van der Waals surface area contributed by atoms with Crippen LogP contribution in [-0.4, -0.2) is 64.2 Å². The SMILES string of the molecule is Cc1cnc(N2CCC3(CC3C(=O)N3CCCC3)C2)nc1.O=C(O)C(F)(F)F. The molecular formula is C18H23F3N4O3. The van der Waals surface area contributed by atoms with Crippen molar-refractivity contribution in [3.63, 3.8) is 0 Å². The first kappa shape index (κ1) is 20.3. The van der Waals surface area contributed by atoms with Crippen LogP contribution in [0.1, 0.15) is 31.2 Å². The molecule has 0 radical (unpaired) electrons. The molecule has 2 unspecified atom stereocenters. The Morgan fingerprint density at radius 3 is 2.29 bits per heavy atom. The molecule has 1 aromatic rings. The fourth-order valence-corrected chi connectivity index (χ4v) is 3.92. The molecule has 154 valence electrons. The summed E-state index contributed by atoms with van der Waals surface area (Å²) in [5, 5.41) is 7.12. The summed E-state index contributed by atoms with van der Waals surface area (Å²) in [6.45, 7) is 5.86. The number of aromatic nitrogens is 2. The molecule has 4 rings (SSSR count). The van der Waals surface area contributed by atoms with Crippen molar-refractivity contribution in [1.29, 1.82) is 0 Å². The van der Waals surface area contributed by atoms with Crippen LogP contribution < -0.4 is 4.90 Å². The zero-order valence-electron chi connectivity index (χ0n) is 15.6. The van der Waals surface area contributed by atoms with E-state index in [1.807, 2.05) is 19.3 Å². The van der Waals surface area contributed by atoms with Gasteiger partial charge in [0, 0.05) is 49.9 Å². The lowest BCUT2D eigenvalue weighted by molar-refractivity contribution is -0.192. The van der Waals surface area contributed by atoms with E-state index < -0.39 is 12.1 Å². The summed E-state index contributed by atoms with van der Waals surface area (Å²) in [7, 11) is 0. The summed E-state index contributed by atoms with van der Waals surface area (Å²) in [5.74, 6) is -1.28. The third kappa shape index (κ3) is 4.36. The number of aliphatic carboxylic acids is 1. The minimum Gasteiger partial charge on any atom is -0.475 e. The normalized spacial score (nSPS) is 26.2. The summed E-state index contributed by atoms with van der Waals surface area (Å²) in [5.41, 5.74) is 1.30. The third-order valence-electron chi connectivity index (χ3n) is 5.58. The van der Waals surface area contributed by atoms with Gasteiger partial charge in [0.2, 0.25) is 11.9 Å².